The predicted octanol–water partition coefficient (Wildman–Crippen LogP) is 4.37. The summed E-state index contributed by atoms with van der Waals surface area (Å²) in [4.78, 5) is 12.1. The maximum absolute atomic E-state index is 12.1. The van der Waals surface area contributed by atoms with E-state index in [2.05, 4.69) is 24.8 Å². The zero-order chi connectivity index (χ0) is 13.4. The fourth-order valence-electron chi connectivity index (χ4n) is 2.81. The van der Waals surface area contributed by atoms with Crippen molar-refractivity contribution in [3.63, 3.8) is 0 Å². The number of carbonyl (C=O) groups excluding carboxylic acids is 1. The summed E-state index contributed by atoms with van der Waals surface area (Å²) in [5.41, 5.74) is 5.54. The lowest BCUT2D eigenvalue weighted by atomic mass is 9.95. The van der Waals surface area contributed by atoms with E-state index in [1.807, 2.05) is 37.3 Å². The van der Waals surface area contributed by atoms with E-state index in [4.69, 9.17) is 0 Å². The first-order valence-corrected chi connectivity index (χ1v) is 6.59. The van der Waals surface area contributed by atoms with Crippen LogP contribution in [0.15, 0.2) is 49.0 Å². The van der Waals surface area contributed by atoms with Gasteiger partial charge in [0.15, 0.2) is 5.78 Å². The van der Waals surface area contributed by atoms with Gasteiger partial charge >= 0.3 is 0 Å². The summed E-state index contributed by atoms with van der Waals surface area (Å²) in [5.74, 6) is 0.385. The van der Waals surface area contributed by atoms with Crippen LogP contribution in [0, 0.1) is 5.92 Å². The molecule has 1 unspecified atom stereocenters. The molecule has 0 heterocycles. The molecule has 0 fully saturated rings. The van der Waals surface area contributed by atoms with E-state index < -0.39 is 0 Å². The standard InChI is InChI=1S/C18H16O/c1-3-13-6-4-7-14(11-13)15-8-5-9-16-17(15)10-12(2)18(16)19/h3-9,11-12H,1,10H2,2H3. The lowest BCUT2D eigenvalue weighted by molar-refractivity contribution is 0.0946. The first-order valence-electron chi connectivity index (χ1n) is 6.59. The van der Waals surface area contributed by atoms with Gasteiger partial charge in [-0.15, -0.1) is 0 Å². The Morgan fingerprint density at radius 2 is 1.89 bits per heavy atom. The van der Waals surface area contributed by atoms with Gasteiger partial charge in [0, 0.05) is 11.5 Å². The van der Waals surface area contributed by atoms with E-state index in [0.29, 0.717) is 0 Å². The van der Waals surface area contributed by atoms with E-state index in [0.717, 1.165) is 23.1 Å². The van der Waals surface area contributed by atoms with Crippen LogP contribution in [0.4, 0.5) is 0 Å². The van der Waals surface area contributed by atoms with Gasteiger partial charge in [-0.05, 0) is 34.7 Å². The molecule has 3 rings (SSSR count). The normalized spacial score (nSPS) is 17.3. The van der Waals surface area contributed by atoms with Crippen LogP contribution in [0.25, 0.3) is 17.2 Å². The Hall–Kier alpha value is -2.15. The molecule has 0 N–H and O–H groups in total. The van der Waals surface area contributed by atoms with Crippen LogP contribution < -0.4 is 0 Å². The topological polar surface area (TPSA) is 17.1 Å². The Kier molecular flexibility index (Phi) is 2.83. The van der Waals surface area contributed by atoms with Gasteiger partial charge in [-0.2, -0.15) is 0 Å². The molecule has 1 aliphatic rings. The van der Waals surface area contributed by atoms with E-state index in [1.54, 1.807) is 0 Å². The molecule has 94 valence electrons. The molecule has 0 amide bonds. The molecule has 0 radical (unpaired) electrons. The van der Waals surface area contributed by atoms with Crippen LogP contribution in [0.3, 0.4) is 0 Å². The second kappa shape index (κ2) is 4.51. The number of ketones is 1. The molecule has 2 aromatic carbocycles. The summed E-state index contributed by atoms with van der Waals surface area (Å²) in [6.45, 7) is 5.81. The molecular weight excluding hydrogens is 232 g/mol. The van der Waals surface area contributed by atoms with Crippen molar-refractivity contribution in [3.05, 3.63) is 65.7 Å². The fraction of sp³-hybridized carbons (Fsp3) is 0.167. The van der Waals surface area contributed by atoms with Gasteiger partial charge in [-0.25, -0.2) is 0 Å². The Morgan fingerprint density at radius 1 is 1.16 bits per heavy atom. The molecule has 0 aliphatic heterocycles. The minimum absolute atomic E-state index is 0.110. The van der Waals surface area contributed by atoms with Crippen molar-refractivity contribution in [3.8, 4) is 11.1 Å². The summed E-state index contributed by atoms with van der Waals surface area (Å²) < 4.78 is 0. The summed E-state index contributed by atoms with van der Waals surface area (Å²) in [7, 11) is 0. The number of fused-ring (bicyclic) bond motifs is 1. The van der Waals surface area contributed by atoms with Gasteiger partial charge in [-0.3, -0.25) is 4.79 Å². The highest BCUT2D eigenvalue weighted by atomic mass is 16.1. The quantitative estimate of drug-likeness (QED) is 0.771. The van der Waals surface area contributed by atoms with Crippen LogP contribution in [-0.2, 0) is 6.42 Å². The minimum atomic E-state index is 0.110. The first kappa shape index (κ1) is 11.9. The largest absolute Gasteiger partial charge is 0.294 e. The molecule has 0 saturated heterocycles. The maximum atomic E-state index is 12.1. The molecule has 0 aromatic heterocycles. The van der Waals surface area contributed by atoms with Gasteiger partial charge < -0.3 is 0 Å². The van der Waals surface area contributed by atoms with Crippen molar-refractivity contribution in [2.75, 3.05) is 0 Å². The molecule has 1 heteroatoms. The van der Waals surface area contributed by atoms with Crippen molar-refractivity contribution in [1.29, 1.82) is 0 Å². The van der Waals surface area contributed by atoms with Crippen molar-refractivity contribution in [1.82, 2.24) is 0 Å². The van der Waals surface area contributed by atoms with Crippen molar-refractivity contribution >= 4 is 11.9 Å². The Morgan fingerprint density at radius 3 is 2.68 bits per heavy atom. The SMILES string of the molecule is C=Cc1cccc(-c2cccc3c2CC(C)C3=O)c1. The monoisotopic (exact) mass is 248 g/mol. The summed E-state index contributed by atoms with van der Waals surface area (Å²) in [5, 5.41) is 0. The molecule has 19 heavy (non-hydrogen) atoms. The van der Waals surface area contributed by atoms with Crippen LogP contribution in [0.2, 0.25) is 0 Å². The highest BCUT2D eigenvalue weighted by Crippen LogP contribution is 2.35. The van der Waals surface area contributed by atoms with Crippen LogP contribution in [0.1, 0.15) is 28.4 Å². The maximum Gasteiger partial charge on any atom is 0.166 e. The first-order chi connectivity index (χ1) is 9.20. The van der Waals surface area contributed by atoms with E-state index in [1.165, 1.54) is 11.1 Å². The van der Waals surface area contributed by atoms with E-state index in [-0.39, 0.29) is 11.7 Å². The van der Waals surface area contributed by atoms with Crippen LogP contribution in [0.5, 0.6) is 0 Å². The smallest absolute Gasteiger partial charge is 0.166 e. The number of hydrogen-bond donors (Lipinski definition) is 0. The minimum Gasteiger partial charge on any atom is -0.294 e. The molecule has 1 atom stereocenters. The van der Waals surface area contributed by atoms with Crippen LogP contribution in [-0.4, -0.2) is 5.78 Å². The van der Waals surface area contributed by atoms with Gasteiger partial charge in [0.1, 0.15) is 0 Å². The Bertz CT molecular complexity index is 667. The lowest BCUT2D eigenvalue weighted by Crippen LogP contribution is -2.02. The van der Waals surface area contributed by atoms with E-state index in [9.17, 15) is 4.79 Å². The average Bonchev–Trinajstić information content (AvgIpc) is 2.74. The van der Waals surface area contributed by atoms with Gasteiger partial charge in [0.05, 0.1) is 0 Å². The van der Waals surface area contributed by atoms with Gasteiger partial charge in [-0.1, -0.05) is 56.0 Å². The zero-order valence-electron chi connectivity index (χ0n) is 11.0. The molecular formula is C18H16O. The molecule has 0 spiro atoms. The number of carbonyl (C=O) groups is 1. The Balaban J connectivity index is 2.17. The number of benzene rings is 2. The third-order valence-corrected chi connectivity index (χ3v) is 3.83. The second-order valence-electron chi connectivity index (χ2n) is 5.13. The third-order valence-electron chi connectivity index (χ3n) is 3.83. The number of hydrogen-bond acceptors (Lipinski definition) is 1. The zero-order valence-corrected chi connectivity index (χ0v) is 11.0. The summed E-state index contributed by atoms with van der Waals surface area (Å²) in [6.07, 6.45) is 2.70. The molecule has 2 aromatic rings. The van der Waals surface area contributed by atoms with Crippen molar-refractivity contribution in [2.24, 2.45) is 5.92 Å². The number of Topliss-reactive ketones (excluding diaryl/α,β-unsaturated/α-hetero) is 1. The third kappa shape index (κ3) is 1.91. The average molecular weight is 248 g/mol. The van der Waals surface area contributed by atoms with E-state index >= 15 is 0 Å². The summed E-state index contributed by atoms with van der Waals surface area (Å²) >= 11 is 0. The summed E-state index contributed by atoms with van der Waals surface area (Å²) in [6, 6.07) is 14.3. The van der Waals surface area contributed by atoms with Crippen LogP contribution >= 0.6 is 0 Å². The van der Waals surface area contributed by atoms with Crippen molar-refractivity contribution in [2.45, 2.75) is 13.3 Å². The van der Waals surface area contributed by atoms with Gasteiger partial charge in [0.2, 0.25) is 0 Å². The fourth-order valence-corrected chi connectivity index (χ4v) is 2.81. The Labute approximate surface area is 113 Å². The molecule has 1 nitrogen and oxygen atoms in total. The highest BCUT2D eigenvalue weighted by molar-refractivity contribution is 6.03. The molecule has 1 aliphatic carbocycles. The number of rotatable bonds is 2. The van der Waals surface area contributed by atoms with Gasteiger partial charge in [0.25, 0.3) is 0 Å². The lowest BCUT2D eigenvalue weighted by Gasteiger charge is -2.08. The highest BCUT2D eigenvalue weighted by Gasteiger charge is 2.28. The predicted molar refractivity (Wildman–Crippen MR) is 79.2 cm³/mol. The molecule has 0 saturated carbocycles. The van der Waals surface area contributed by atoms with Crippen molar-refractivity contribution < 1.29 is 4.79 Å². The molecule has 0 bridgehead atoms. The second-order valence-corrected chi connectivity index (χ2v) is 5.13.